The van der Waals surface area contributed by atoms with Crippen molar-refractivity contribution in [1.82, 2.24) is 5.32 Å². The second-order valence-electron chi connectivity index (χ2n) is 5.11. The minimum absolute atomic E-state index is 0.0642. The molecule has 0 radical (unpaired) electrons. The summed E-state index contributed by atoms with van der Waals surface area (Å²) in [4.78, 5) is 12.4. The molecule has 3 nitrogen and oxygen atoms in total. The van der Waals surface area contributed by atoms with Crippen LogP contribution in [0.5, 0.6) is 5.75 Å². The highest BCUT2D eigenvalue weighted by Gasteiger charge is 2.20. The van der Waals surface area contributed by atoms with Gasteiger partial charge in [-0.25, -0.2) is 0 Å². The topological polar surface area (TPSA) is 38.3 Å². The van der Waals surface area contributed by atoms with E-state index in [2.05, 4.69) is 5.32 Å². The minimum Gasteiger partial charge on any atom is -0.481 e. The molecule has 1 unspecified atom stereocenters. The zero-order chi connectivity index (χ0) is 15.9. The third-order valence-electron chi connectivity index (χ3n) is 3.40. The number of halogens is 1. The molecule has 0 aromatic heterocycles. The van der Waals surface area contributed by atoms with Crippen LogP contribution >= 0.6 is 11.6 Å². The summed E-state index contributed by atoms with van der Waals surface area (Å²) in [6.45, 7) is 3.88. The molecule has 0 aliphatic carbocycles. The van der Waals surface area contributed by atoms with Crippen LogP contribution in [0.4, 0.5) is 0 Å². The van der Waals surface area contributed by atoms with Crippen molar-refractivity contribution in [2.45, 2.75) is 32.4 Å². The van der Waals surface area contributed by atoms with Gasteiger partial charge in [0.2, 0.25) is 0 Å². The lowest BCUT2D eigenvalue weighted by molar-refractivity contribution is -0.128. The molecule has 2 atom stereocenters. The van der Waals surface area contributed by atoms with Crippen LogP contribution < -0.4 is 10.1 Å². The molecular formula is C18H20ClNO2. The number of ether oxygens (including phenoxy) is 1. The molecule has 22 heavy (non-hydrogen) atoms. The van der Waals surface area contributed by atoms with Crippen molar-refractivity contribution in [3.05, 3.63) is 65.2 Å². The van der Waals surface area contributed by atoms with E-state index in [1.54, 1.807) is 24.3 Å². The molecule has 1 N–H and O–H groups in total. The SMILES string of the molecule is CCC(Oc1cccc(Cl)c1)C(=O)N[C@H](C)c1ccccc1. The molecule has 4 heteroatoms. The Morgan fingerprint density at radius 1 is 1.18 bits per heavy atom. The van der Waals surface area contributed by atoms with Gasteiger partial charge in [0.15, 0.2) is 6.10 Å². The number of amides is 1. The molecule has 0 aliphatic heterocycles. The van der Waals surface area contributed by atoms with Gasteiger partial charge in [-0.3, -0.25) is 4.79 Å². The summed E-state index contributed by atoms with van der Waals surface area (Å²) in [5.74, 6) is 0.473. The molecule has 0 bridgehead atoms. The molecule has 2 rings (SSSR count). The first kappa shape index (κ1) is 16.4. The number of hydrogen-bond acceptors (Lipinski definition) is 2. The Morgan fingerprint density at radius 2 is 1.91 bits per heavy atom. The van der Waals surface area contributed by atoms with Crippen LogP contribution in [0.3, 0.4) is 0 Å². The van der Waals surface area contributed by atoms with E-state index in [0.717, 1.165) is 5.56 Å². The first-order chi connectivity index (χ1) is 10.6. The Balaban J connectivity index is 2.00. The van der Waals surface area contributed by atoms with E-state index in [-0.39, 0.29) is 11.9 Å². The van der Waals surface area contributed by atoms with Crippen molar-refractivity contribution in [2.24, 2.45) is 0 Å². The molecule has 0 saturated carbocycles. The first-order valence-corrected chi connectivity index (χ1v) is 7.75. The summed E-state index contributed by atoms with van der Waals surface area (Å²) in [6.07, 6.45) is 0.0458. The van der Waals surface area contributed by atoms with Gasteiger partial charge < -0.3 is 10.1 Å². The largest absolute Gasteiger partial charge is 0.481 e. The van der Waals surface area contributed by atoms with E-state index >= 15 is 0 Å². The van der Waals surface area contributed by atoms with Gasteiger partial charge in [-0.15, -0.1) is 0 Å². The van der Waals surface area contributed by atoms with Gasteiger partial charge in [-0.05, 0) is 37.1 Å². The lowest BCUT2D eigenvalue weighted by Crippen LogP contribution is -2.39. The fraction of sp³-hybridized carbons (Fsp3) is 0.278. The molecule has 0 fully saturated rings. The zero-order valence-electron chi connectivity index (χ0n) is 12.8. The van der Waals surface area contributed by atoms with Gasteiger partial charge in [0, 0.05) is 5.02 Å². The highest BCUT2D eigenvalue weighted by Crippen LogP contribution is 2.20. The van der Waals surface area contributed by atoms with Crippen LogP contribution in [-0.4, -0.2) is 12.0 Å². The number of benzene rings is 2. The summed E-state index contributed by atoms with van der Waals surface area (Å²) < 4.78 is 5.75. The highest BCUT2D eigenvalue weighted by atomic mass is 35.5. The van der Waals surface area contributed by atoms with Crippen LogP contribution in [0.2, 0.25) is 5.02 Å². The maximum Gasteiger partial charge on any atom is 0.261 e. The zero-order valence-corrected chi connectivity index (χ0v) is 13.5. The summed E-state index contributed by atoms with van der Waals surface area (Å²) in [5.41, 5.74) is 1.06. The second kappa shape index (κ2) is 7.85. The molecule has 0 heterocycles. The lowest BCUT2D eigenvalue weighted by atomic mass is 10.1. The van der Waals surface area contributed by atoms with E-state index in [1.807, 2.05) is 44.2 Å². The number of hydrogen-bond donors (Lipinski definition) is 1. The summed E-state index contributed by atoms with van der Waals surface area (Å²) in [6, 6.07) is 16.9. The van der Waals surface area contributed by atoms with Crippen LogP contribution in [-0.2, 0) is 4.79 Å². The highest BCUT2D eigenvalue weighted by molar-refractivity contribution is 6.30. The number of carbonyl (C=O) groups excluding carboxylic acids is 1. The smallest absolute Gasteiger partial charge is 0.261 e. The quantitative estimate of drug-likeness (QED) is 0.859. The van der Waals surface area contributed by atoms with Crippen molar-refractivity contribution in [1.29, 1.82) is 0 Å². The van der Waals surface area contributed by atoms with Gasteiger partial charge in [-0.1, -0.05) is 54.9 Å². The molecule has 2 aromatic carbocycles. The summed E-state index contributed by atoms with van der Waals surface area (Å²) in [7, 11) is 0. The molecule has 2 aromatic rings. The number of rotatable bonds is 6. The molecular weight excluding hydrogens is 298 g/mol. The van der Waals surface area contributed by atoms with E-state index in [0.29, 0.717) is 17.2 Å². The standard InChI is InChI=1S/C18H20ClNO2/c1-3-17(22-16-11-7-10-15(19)12-16)18(21)20-13(2)14-8-5-4-6-9-14/h4-13,17H,3H2,1-2H3,(H,20,21)/t13-,17?/m1/s1. The van der Waals surface area contributed by atoms with Crippen molar-refractivity contribution in [3.63, 3.8) is 0 Å². The van der Waals surface area contributed by atoms with Crippen molar-refractivity contribution in [2.75, 3.05) is 0 Å². The van der Waals surface area contributed by atoms with Crippen molar-refractivity contribution < 1.29 is 9.53 Å². The molecule has 0 aliphatic rings. The Morgan fingerprint density at radius 3 is 2.55 bits per heavy atom. The first-order valence-electron chi connectivity index (χ1n) is 7.37. The second-order valence-corrected chi connectivity index (χ2v) is 5.55. The minimum atomic E-state index is -0.537. The molecule has 1 amide bonds. The average Bonchev–Trinajstić information content (AvgIpc) is 2.53. The maximum atomic E-state index is 12.4. The van der Waals surface area contributed by atoms with E-state index in [4.69, 9.17) is 16.3 Å². The van der Waals surface area contributed by atoms with Crippen molar-refractivity contribution in [3.8, 4) is 5.75 Å². The van der Waals surface area contributed by atoms with Gasteiger partial charge in [0.05, 0.1) is 6.04 Å². The third-order valence-corrected chi connectivity index (χ3v) is 3.63. The van der Waals surface area contributed by atoms with E-state index in [9.17, 15) is 4.79 Å². The molecule has 116 valence electrons. The lowest BCUT2D eigenvalue weighted by Gasteiger charge is -2.21. The average molecular weight is 318 g/mol. The van der Waals surface area contributed by atoms with Gasteiger partial charge in [0.1, 0.15) is 5.75 Å². The van der Waals surface area contributed by atoms with Crippen LogP contribution in [0, 0.1) is 0 Å². The summed E-state index contributed by atoms with van der Waals surface area (Å²) in [5, 5.41) is 3.57. The molecule has 0 spiro atoms. The van der Waals surface area contributed by atoms with E-state index in [1.165, 1.54) is 0 Å². The number of carbonyl (C=O) groups is 1. The van der Waals surface area contributed by atoms with Crippen LogP contribution in [0.1, 0.15) is 31.9 Å². The maximum absolute atomic E-state index is 12.4. The monoisotopic (exact) mass is 317 g/mol. The Bertz CT molecular complexity index is 615. The normalized spacial score (nSPS) is 13.2. The van der Waals surface area contributed by atoms with Gasteiger partial charge in [0.25, 0.3) is 5.91 Å². The molecule has 0 saturated heterocycles. The summed E-state index contributed by atoms with van der Waals surface area (Å²) >= 11 is 5.93. The Labute approximate surface area is 136 Å². The van der Waals surface area contributed by atoms with Gasteiger partial charge in [-0.2, -0.15) is 0 Å². The predicted molar refractivity (Wildman–Crippen MR) is 89.2 cm³/mol. The Kier molecular flexibility index (Phi) is 5.84. The van der Waals surface area contributed by atoms with Crippen LogP contribution in [0.15, 0.2) is 54.6 Å². The fourth-order valence-electron chi connectivity index (χ4n) is 2.16. The number of nitrogens with one attached hydrogen (secondary N) is 1. The predicted octanol–water partition coefficient (Wildman–Crippen LogP) is 4.37. The van der Waals surface area contributed by atoms with Crippen LogP contribution in [0.25, 0.3) is 0 Å². The van der Waals surface area contributed by atoms with Gasteiger partial charge >= 0.3 is 0 Å². The fourth-order valence-corrected chi connectivity index (χ4v) is 2.34. The third kappa shape index (κ3) is 4.50. The van der Waals surface area contributed by atoms with Crippen molar-refractivity contribution >= 4 is 17.5 Å². The van der Waals surface area contributed by atoms with E-state index < -0.39 is 6.10 Å². The Hall–Kier alpha value is -2.00.